The zero-order valence-electron chi connectivity index (χ0n) is 23.3. The molecule has 39 heavy (non-hydrogen) atoms. The molecule has 0 saturated heterocycles. The smallest absolute Gasteiger partial charge is 0.287 e. The van der Waals surface area contributed by atoms with Gasteiger partial charge in [-0.25, -0.2) is 4.98 Å². The third kappa shape index (κ3) is 10.0. The van der Waals surface area contributed by atoms with Gasteiger partial charge < -0.3 is 25.8 Å². The maximum absolute atomic E-state index is 12.9. The van der Waals surface area contributed by atoms with Gasteiger partial charge in [0.15, 0.2) is 5.76 Å². The maximum atomic E-state index is 12.9. The molecule has 0 radical (unpaired) electrons. The number of carbonyl (C=O) groups excluding carboxylic acids is 3. The van der Waals surface area contributed by atoms with Gasteiger partial charge in [0.2, 0.25) is 5.91 Å². The first-order chi connectivity index (χ1) is 18.5. The summed E-state index contributed by atoms with van der Waals surface area (Å²) < 4.78 is 5.60. The summed E-state index contributed by atoms with van der Waals surface area (Å²) in [6.45, 7) is 15.1. The van der Waals surface area contributed by atoms with Crippen LogP contribution in [-0.2, 0) is 14.3 Å². The Morgan fingerprint density at radius 3 is 2.36 bits per heavy atom. The number of carbonyl (C=O) groups is 3. The van der Waals surface area contributed by atoms with Crippen molar-refractivity contribution in [3.63, 3.8) is 0 Å². The van der Waals surface area contributed by atoms with Crippen LogP contribution >= 0.6 is 0 Å². The number of ether oxygens (including phenoxy) is 1. The van der Waals surface area contributed by atoms with E-state index in [4.69, 9.17) is 4.74 Å². The number of aliphatic hydroxyl groups excluding tert-OH is 1. The fourth-order valence-corrected chi connectivity index (χ4v) is 3.91. The first-order valence-corrected chi connectivity index (χ1v) is 13.2. The lowest BCUT2D eigenvalue weighted by molar-refractivity contribution is -0.130. The van der Waals surface area contributed by atoms with Crippen molar-refractivity contribution in [1.82, 2.24) is 15.6 Å². The normalized spacial score (nSPS) is 12.9. The first-order valence-electron chi connectivity index (χ1n) is 13.2. The molecule has 0 aliphatic rings. The number of nitrogens with zero attached hydrogens (tertiary/aromatic N) is 1. The predicted molar refractivity (Wildman–Crippen MR) is 153 cm³/mol. The molecule has 3 atom stereocenters. The van der Waals surface area contributed by atoms with E-state index in [1.807, 2.05) is 19.9 Å². The number of nitrogens with one attached hydrogen (secondary N) is 3. The second-order valence-electron chi connectivity index (χ2n) is 9.50. The molecule has 0 spiro atoms. The van der Waals surface area contributed by atoms with E-state index in [0.29, 0.717) is 23.4 Å². The van der Waals surface area contributed by atoms with Crippen LogP contribution in [0.1, 0.15) is 68.2 Å². The number of amides is 3. The van der Waals surface area contributed by atoms with E-state index in [0.717, 1.165) is 25.0 Å². The fourth-order valence-electron chi connectivity index (χ4n) is 3.91. The third-order valence-corrected chi connectivity index (χ3v) is 6.15. The maximum Gasteiger partial charge on any atom is 0.287 e. The molecular formula is C30H40N4O5. The van der Waals surface area contributed by atoms with E-state index >= 15 is 0 Å². The van der Waals surface area contributed by atoms with E-state index in [2.05, 4.69) is 41.0 Å². The van der Waals surface area contributed by atoms with Gasteiger partial charge in [-0.1, -0.05) is 52.3 Å². The number of aromatic nitrogens is 1. The Kier molecular flexibility index (Phi) is 12.4. The van der Waals surface area contributed by atoms with Gasteiger partial charge in [-0.05, 0) is 62.6 Å². The summed E-state index contributed by atoms with van der Waals surface area (Å²) >= 11 is 0. The van der Waals surface area contributed by atoms with E-state index < -0.39 is 18.1 Å². The van der Waals surface area contributed by atoms with Gasteiger partial charge in [0, 0.05) is 23.5 Å². The topological polar surface area (TPSA) is 130 Å². The highest BCUT2D eigenvalue weighted by molar-refractivity contribution is 6.03. The molecule has 1 unspecified atom stereocenters. The van der Waals surface area contributed by atoms with E-state index in [1.165, 1.54) is 0 Å². The van der Waals surface area contributed by atoms with Gasteiger partial charge in [0.1, 0.15) is 17.5 Å². The minimum absolute atomic E-state index is 0.0849. The standard InChI is InChI=1S/C30H40N4O5/c1-7-9-12-23(8-2)27(30(38)31-18-20(4)35)34-28(36)22(6)39-21(5)24-14-16-25(17-15-24)33-29(37)26-13-10-11-19(3)32-26/h10-11,13-17,20,23,27,35H,5-9,12,18H2,1-4H3,(H,31,38)(H,33,37)(H,34,36)/t20-,23?,27-/m0/s1. The highest BCUT2D eigenvalue weighted by atomic mass is 16.5. The molecular weight excluding hydrogens is 496 g/mol. The molecule has 0 fully saturated rings. The number of aryl methyl sites for hydroxylation is 1. The van der Waals surface area contributed by atoms with Gasteiger partial charge >= 0.3 is 0 Å². The van der Waals surface area contributed by atoms with Crippen molar-refractivity contribution >= 4 is 29.2 Å². The summed E-state index contributed by atoms with van der Waals surface area (Å²) in [5, 5.41) is 17.8. The Labute approximate surface area is 230 Å². The number of hydrogen-bond acceptors (Lipinski definition) is 6. The average Bonchev–Trinajstić information content (AvgIpc) is 2.91. The predicted octanol–water partition coefficient (Wildman–Crippen LogP) is 4.34. The van der Waals surface area contributed by atoms with Crippen molar-refractivity contribution in [3.8, 4) is 0 Å². The van der Waals surface area contributed by atoms with Gasteiger partial charge in [-0.2, -0.15) is 0 Å². The number of unbranched alkanes of at least 4 members (excludes halogenated alkanes) is 1. The summed E-state index contributed by atoms with van der Waals surface area (Å²) in [4.78, 5) is 42.4. The lowest BCUT2D eigenvalue weighted by atomic mass is 9.90. The minimum Gasteiger partial charge on any atom is -0.452 e. The number of rotatable bonds is 15. The summed E-state index contributed by atoms with van der Waals surface area (Å²) in [6, 6.07) is 11.2. The van der Waals surface area contributed by atoms with Gasteiger partial charge in [-0.15, -0.1) is 0 Å². The van der Waals surface area contributed by atoms with Gasteiger partial charge in [0.05, 0.1) is 6.10 Å². The lowest BCUT2D eigenvalue weighted by Crippen LogP contribution is -2.52. The molecule has 0 bridgehead atoms. The molecule has 2 aromatic rings. The molecule has 9 heteroatoms. The summed E-state index contributed by atoms with van der Waals surface area (Å²) in [6.07, 6.45) is 2.63. The van der Waals surface area contributed by atoms with Crippen LogP contribution in [0, 0.1) is 12.8 Å². The summed E-state index contributed by atoms with van der Waals surface area (Å²) in [5.74, 6) is -1.43. The Bertz CT molecular complexity index is 1160. The quantitative estimate of drug-likeness (QED) is 0.198. The third-order valence-electron chi connectivity index (χ3n) is 6.15. The molecule has 4 N–H and O–H groups in total. The number of benzene rings is 1. The molecule has 2 rings (SSSR count). The number of anilines is 1. The monoisotopic (exact) mass is 536 g/mol. The Hall–Kier alpha value is -3.98. The second-order valence-corrected chi connectivity index (χ2v) is 9.50. The molecule has 1 heterocycles. The summed E-state index contributed by atoms with van der Waals surface area (Å²) in [7, 11) is 0. The van der Waals surface area contributed by atoms with Crippen molar-refractivity contribution < 1.29 is 24.2 Å². The van der Waals surface area contributed by atoms with Crippen LogP contribution in [0.2, 0.25) is 0 Å². The highest BCUT2D eigenvalue weighted by Crippen LogP contribution is 2.21. The van der Waals surface area contributed by atoms with E-state index in [9.17, 15) is 19.5 Å². The van der Waals surface area contributed by atoms with Crippen molar-refractivity contribution in [2.24, 2.45) is 5.92 Å². The van der Waals surface area contributed by atoms with Crippen LogP contribution in [-0.4, -0.2) is 46.5 Å². The Morgan fingerprint density at radius 2 is 1.77 bits per heavy atom. The van der Waals surface area contributed by atoms with Crippen LogP contribution in [0.3, 0.4) is 0 Å². The van der Waals surface area contributed by atoms with E-state index in [1.54, 1.807) is 43.3 Å². The zero-order chi connectivity index (χ0) is 28.9. The minimum atomic E-state index is -0.799. The fraction of sp³-hybridized carbons (Fsp3) is 0.400. The Balaban J connectivity index is 2.02. The Morgan fingerprint density at radius 1 is 1.08 bits per heavy atom. The van der Waals surface area contributed by atoms with Gasteiger partial charge in [-0.3, -0.25) is 14.4 Å². The average molecular weight is 537 g/mol. The molecule has 0 aliphatic carbocycles. The van der Waals surface area contributed by atoms with Crippen LogP contribution in [0.15, 0.2) is 61.4 Å². The van der Waals surface area contributed by atoms with E-state index in [-0.39, 0.29) is 35.8 Å². The van der Waals surface area contributed by atoms with Crippen LogP contribution in [0.4, 0.5) is 5.69 Å². The zero-order valence-corrected chi connectivity index (χ0v) is 23.3. The first kappa shape index (κ1) is 31.2. The molecule has 0 aliphatic heterocycles. The van der Waals surface area contributed by atoms with Crippen LogP contribution in [0.5, 0.6) is 0 Å². The molecule has 1 aromatic heterocycles. The van der Waals surface area contributed by atoms with Gasteiger partial charge in [0.25, 0.3) is 11.8 Å². The van der Waals surface area contributed by atoms with Crippen LogP contribution < -0.4 is 16.0 Å². The summed E-state index contributed by atoms with van der Waals surface area (Å²) in [5.41, 5.74) is 2.19. The van der Waals surface area contributed by atoms with Crippen molar-refractivity contribution in [2.75, 3.05) is 11.9 Å². The second kappa shape index (κ2) is 15.4. The van der Waals surface area contributed by atoms with Crippen LogP contribution in [0.25, 0.3) is 5.76 Å². The SMILES string of the molecule is C=C(OC(=C)c1ccc(NC(=O)c2cccc(C)n2)cc1)C(=O)N[C@H](C(=O)NC[C@H](C)O)C(CC)CCCC. The number of aliphatic hydroxyl groups is 1. The molecule has 210 valence electrons. The molecule has 1 aromatic carbocycles. The number of hydrogen-bond donors (Lipinski definition) is 4. The highest BCUT2D eigenvalue weighted by Gasteiger charge is 2.29. The molecule has 0 saturated carbocycles. The van der Waals surface area contributed by atoms with Crippen molar-refractivity contribution in [2.45, 2.75) is 65.5 Å². The molecule has 9 nitrogen and oxygen atoms in total. The van der Waals surface area contributed by atoms with Crippen molar-refractivity contribution in [1.29, 1.82) is 0 Å². The molecule has 3 amide bonds. The number of pyridine rings is 1. The van der Waals surface area contributed by atoms with Crippen molar-refractivity contribution in [3.05, 3.63) is 78.3 Å². The lowest BCUT2D eigenvalue weighted by Gasteiger charge is -2.27. The largest absolute Gasteiger partial charge is 0.452 e.